The number of aromatic amines is 1. The first-order chi connectivity index (χ1) is 12.6. The Hall–Kier alpha value is -2.89. The lowest BCUT2D eigenvalue weighted by Gasteiger charge is -2.16. The fourth-order valence-electron chi connectivity index (χ4n) is 3.00. The van der Waals surface area contributed by atoms with Crippen LogP contribution in [0.1, 0.15) is 54.4 Å². The first kappa shape index (κ1) is 16.6. The molecule has 6 nitrogen and oxygen atoms in total. The van der Waals surface area contributed by atoms with Gasteiger partial charge in [-0.15, -0.1) is 0 Å². The molecular formula is C20H24N6. The summed E-state index contributed by atoms with van der Waals surface area (Å²) in [6, 6.07) is 12.7. The monoisotopic (exact) mass is 348 g/mol. The quantitative estimate of drug-likeness (QED) is 0.606. The Bertz CT molecular complexity index is 895. The van der Waals surface area contributed by atoms with E-state index in [0.717, 1.165) is 17.5 Å². The largest absolute Gasteiger partial charge is 0.363 e. The zero-order valence-electron chi connectivity index (χ0n) is 15.4. The van der Waals surface area contributed by atoms with Crippen LogP contribution in [0.5, 0.6) is 0 Å². The van der Waals surface area contributed by atoms with E-state index in [1.807, 2.05) is 13.0 Å². The van der Waals surface area contributed by atoms with Crippen LogP contribution in [0.15, 0.2) is 36.4 Å². The van der Waals surface area contributed by atoms with Crippen molar-refractivity contribution in [1.82, 2.24) is 20.2 Å². The predicted octanol–water partition coefficient (Wildman–Crippen LogP) is 4.61. The molecule has 1 aliphatic carbocycles. The maximum absolute atomic E-state index is 4.51. The van der Waals surface area contributed by atoms with Gasteiger partial charge in [0.25, 0.3) is 0 Å². The van der Waals surface area contributed by atoms with E-state index in [1.165, 1.54) is 29.7 Å². The van der Waals surface area contributed by atoms with Crippen LogP contribution in [0.3, 0.4) is 0 Å². The molecule has 6 heteroatoms. The first-order valence-corrected chi connectivity index (χ1v) is 9.08. The second-order valence-electron chi connectivity index (χ2n) is 7.07. The number of rotatable bonds is 6. The van der Waals surface area contributed by atoms with Crippen LogP contribution in [0.2, 0.25) is 0 Å². The van der Waals surface area contributed by atoms with E-state index in [1.54, 1.807) is 0 Å². The highest BCUT2D eigenvalue weighted by Crippen LogP contribution is 2.39. The van der Waals surface area contributed by atoms with Crippen molar-refractivity contribution >= 4 is 17.5 Å². The molecular weight excluding hydrogens is 324 g/mol. The standard InChI is InChI=1S/C20H24N6/c1-12-4-6-15(7-5-12)13(2)21-18-11-19(23-14(3)22-18)24-20-10-17(25-26-20)16-8-9-16/h4-7,10-11,13,16H,8-9H2,1-3H3,(H3,21,22,23,24,25,26). The van der Waals surface area contributed by atoms with Crippen molar-refractivity contribution in [2.75, 3.05) is 10.6 Å². The summed E-state index contributed by atoms with van der Waals surface area (Å²) in [5.41, 5.74) is 3.68. The van der Waals surface area contributed by atoms with Gasteiger partial charge < -0.3 is 10.6 Å². The van der Waals surface area contributed by atoms with Gasteiger partial charge in [-0.1, -0.05) is 29.8 Å². The molecule has 4 rings (SSSR count). The summed E-state index contributed by atoms with van der Waals surface area (Å²) in [6.07, 6.45) is 2.50. The number of hydrogen-bond acceptors (Lipinski definition) is 5. The maximum Gasteiger partial charge on any atom is 0.153 e. The van der Waals surface area contributed by atoms with Gasteiger partial charge in [0.1, 0.15) is 17.5 Å². The highest BCUT2D eigenvalue weighted by atomic mass is 15.2. The van der Waals surface area contributed by atoms with Gasteiger partial charge in [0.15, 0.2) is 5.82 Å². The summed E-state index contributed by atoms with van der Waals surface area (Å²) in [5, 5.41) is 14.2. The molecule has 3 N–H and O–H groups in total. The van der Waals surface area contributed by atoms with Gasteiger partial charge in [-0.25, -0.2) is 9.97 Å². The normalized spacial score (nSPS) is 14.9. The predicted molar refractivity (Wildman–Crippen MR) is 104 cm³/mol. The van der Waals surface area contributed by atoms with Gasteiger partial charge in [-0.3, -0.25) is 5.10 Å². The van der Waals surface area contributed by atoms with Crippen molar-refractivity contribution in [2.24, 2.45) is 0 Å². The molecule has 0 spiro atoms. The van der Waals surface area contributed by atoms with Crippen LogP contribution in [0, 0.1) is 13.8 Å². The number of aromatic nitrogens is 4. The van der Waals surface area contributed by atoms with Crippen molar-refractivity contribution in [3.63, 3.8) is 0 Å². The summed E-state index contributed by atoms with van der Waals surface area (Å²) >= 11 is 0. The SMILES string of the molecule is Cc1ccc(C(C)Nc2cc(Nc3cc(C4CC4)[nH]n3)nc(C)n2)cc1. The Kier molecular flexibility index (Phi) is 4.32. The number of nitrogens with one attached hydrogen (secondary N) is 3. The average Bonchev–Trinajstić information content (AvgIpc) is 3.35. The van der Waals surface area contributed by atoms with E-state index in [0.29, 0.717) is 11.7 Å². The van der Waals surface area contributed by atoms with E-state index >= 15 is 0 Å². The second kappa shape index (κ2) is 6.78. The Morgan fingerprint density at radius 1 is 1.00 bits per heavy atom. The molecule has 1 fully saturated rings. The number of aryl methyl sites for hydroxylation is 2. The van der Waals surface area contributed by atoms with E-state index in [-0.39, 0.29) is 6.04 Å². The van der Waals surface area contributed by atoms with Crippen molar-refractivity contribution in [3.8, 4) is 0 Å². The summed E-state index contributed by atoms with van der Waals surface area (Å²) in [6.45, 7) is 6.12. The Morgan fingerprint density at radius 3 is 2.46 bits per heavy atom. The zero-order valence-corrected chi connectivity index (χ0v) is 15.4. The minimum absolute atomic E-state index is 0.157. The summed E-state index contributed by atoms with van der Waals surface area (Å²) < 4.78 is 0. The van der Waals surface area contributed by atoms with Crippen molar-refractivity contribution in [2.45, 2.75) is 45.6 Å². The number of anilines is 3. The molecule has 1 aliphatic rings. The van der Waals surface area contributed by atoms with E-state index < -0.39 is 0 Å². The third-order valence-corrected chi connectivity index (χ3v) is 4.65. The van der Waals surface area contributed by atoms with Gasteiger partial charge in [0, 0.05) is 29.8 Å². The maximum atomic E-state index is 4.51. The Morgan fingerprint density at radius 2 is 1.73 bits per heavy atom. The van der Waals surface area contributed by atoms with Crippen LogP contribution in [0.4, 0.5) is 17.5 Å². The molecule has 0 amide bonds. The molecule has 0 aliphatic heterocycles. The van der Waals surface area contributed by atoms with Gasteiger partial charge in [-0.05, 0) is 39.2 Å². The highest BCUT2D eigenvalue weighted by molar-refractivity contribution is 5.57. The van der Waals surface area contributed by atoms with Gasteiger partial charge in [0.05, 0.1) is 0 Å². The minimum Gasteiger partial charge on any atom is -0.363 e. The van der Waals surface area contributed by atoms with Crippen LogP contribution in [-0.2, 0) is 0 Å². The highest BCUT2D eigenvalue weighted by Gasteiger charge is 2.25. The van der Waals surface area contributed by atoms with Crippen LogP contribution < -0.4 is 10.6 Å². The smallest absolute Gasteiger partial charge is 0.153 e. The number of hydrogen-bond donors (Lipinski definition) is 3. The Labute approximate surface area is 153 Å². The minimum atomic E-state index is 0.157. The molecule has 1 saturated carbocycles. The summed E-state index contributed by atoms with van der Waals surface area (Å²) in [7, 11) is 0. The number of benzene rings is 1. The zero-order chi connectivity index (χ0) is 18.1. The molecule has 2 heterocycles. The topological polar surface area (TPSA) is 78.5 Å². The lowest BCUT2D eigenvalue weighted by Crippen LogP contribution is -2.09. The van der Waals surface area contributed by atoms with Crippen molar-refractivity contribution < 1.29 is 0 Å². The molecule has 3 aromatic rings. The second-order valence-corrected chi connectivity index (χ2v) is 7.07. The third-order valence-electron chi connectivity index (χ3n) is 4.65. The van der Waals surface area contributed by atoms with Crippen molar-refractivity contribution in [1.29, 1.82) is 0 Å². The van der Waals surface area contributed by atoms with E-state index in [2.05, 4.69) is 75.0 Å². The molecule has 2 aromatic heterocycles. The molecule has 0 saturated heterocycles. The summed E-state index contributed by atoms with van der Waals surface area (Å²) in [5.74, 6) is 3.70. The number of nitrogens with zero attached hydrogens (tertiary/aromatic N) is 3. The lowest BCUT2D eigenvalue weighted by atomic mass is 10.1. The third kappa shape index (κ3) is 3.85. The van der Waals surface area contributed by atoms with Gasteiger partial charge in [0.2, 0.25) is 0 Å². The Balaban J connectivity index is 1.48. The van der Waals surface area contributed by atoms with Crippen LogP contribution >= 0.6 is 0 Å². The first-order valence-electron chi connectivity index (χ1n) is 9.08. The van der Waals surface area contributed by atoms with Gasteiger partial charge >= 0.3 is 0 Å². The fraction of sp³-hybridized carbons (Fsp3) is 0.350. The molecule has 134 valence electrons. The fourth-order valence-corrected chi connectivity index (χ4v) is 3.00. The van der Waals surface area contributed by atoms with Crippen molar-refractivity contribution in [3.05, 3.63) is 59.0 Å². The molecule has 0 bridgehead atoms. The molecule has 26 heavy (non-hydrogen) atoms. The molecule has 1 aromatic carbocycles. The number of H-pyrrole nitrogens is 1. The molecule has 1 atom stereocenters. The summed E-state index contributed by atoms with van der Waals surface area (Å²) in [4.78, 5) is 8.99. The molecule has 1 unspecified atom stereocenters. The van der Waals surface area contributed by atoms with E-state index in [9.17, 15) is 0 Å². The molecule has 0 radical (unpaired) electrons. The van der Waals surface area contributed by atoms with Crippen LogP contribution in [0.25, 0.3) is 0 Å². The van der Waals surface area contributed by atoms with Crippen LogP contribution in [-0.4, -0.2) is 20.2 Å². The lowest BCUT2D eigenvalue weighted by molar-refractivity contribution is 0.867. The van der Waals surface area contributed by atoms with E-state index in [4.69, 9.17) is 0 Å². The van der Waals surface area contributed by atoms with Gasteiger partial charge in [-0.2, -0.15) is 5.10 Å². The average molecular weight is 348 g/mol.